The molecule has 1 saturated heterocycles. The van der Waals surface area contributed by atoms with E-state index in [1.165, 1.54) is 0 Å². The molecular weight excluding hydrogens is 492 g/mol. The van der Waals surface area contributed by atoms with Gasteiger partial charge in [0.2, 0.25) is 5.91 Å². The Labute approximate surface area is 219 Å². The minimum Gasteiger partial charge on any atom is -0.444 e. The zero-order valence-corrected chi connectivity index (χ0v) is 21.8. The molecule has 2 heterocycles. The Morgan fingerprint density at radius 1 is 1.19 bits per heavy atom. The SMILES string of the molecule is CC(C)(C)OC(=O)N1[C@@H]2CC[C@@H](C2)[C@H]1C(=O)NC(C#N)Cc1ccc2c(c1)c(=O)[nH]c1ccc(Cl)cc12. The first-order valence-corrected chi connectivity index (χ1v) is 12.9. The number of nitriles is 1. The Balaban J connectivity index is 1.36. The van der Waals surface area contributed by atoms with Crippen molar-refractivity contribution < 1.29 is 14.3 Å². The van der Waals surface area contributed by atoms with E-state index in [4.69, 9.17) is 16.3 Å². The number of H-pyrrole nitrogens is 1. The van der Waals surface area contributed by atoms with Crippen LogP contribution in [0.5, 0.6) is 0 Å². The molecule has 1 saturated carbocycles. The van der Waals surface area contributed by atoms with Gasteiger partial charge in [0.25, 0.3) is 5.56 Å². The molecule has 1 unspecified atom stereocenters. The van der Waals surface area contributed by atoms with Crippen molar-refractivity contribution in [3.8, 4) is 6.07 Å². The molecule has 1 aliphatic heterocycles. The summed E-state index contributed by atoms with van der Waals surface area (Å²) in [6.07, 6.45) is 2.21. The molecule has 1 aliphatic carbocycles. The molecule has 1 aromatic heterocycles. The lowest BCUT2D eigenvalue weighted by atomic mass is 9.97. The summed E-state index contributed by atoms with van der Waals surface area (Å²) in [5.41, 5.74) is 0.527. The number of carbonyl (C=O) groups excluding carboxylic acids is 2. The van der Waals surface area contributed by atoms with Crippen LogP contribution in [-0.4, -0.2) is 45.6 Å². The van der Waals surface area contributed by atoms with Gasteiger partial charge in [-0.25, -0.2) is 4.79 Å². The summed E-state index contributed by atoms with van der Waals surface area (Å²) in [6, 6.07) is 11.4. The fraction of sp³-hybridized carbons (Fsp3) is 0.429. The summed E-state index contributed by atoms with van der Waals surface area (Å²) in [5.74, 6) is -0.292. The number of ether oxygens (including phenoxy) is 1. The van der Waals surface area contributed by atoms with E-state index in [9.17, 15) is 19.6 Å². The number of carbonyl (C=O) groups is 2. The molecule has 2 amide bonds. The van der Waals surface area contributed by atoms with E-state index in [1.54, 1.807) is 49.9 Å². The first-order chi connectivity index (χ1) is 17.5. The third-order valence-electron chi connectivity index (χ3n) is 7.22. The third kappa shape index (κ3) is 4.88. The monoisotopic (exact) mass is 520 g/mol. The number of pyridine rings is 1. The molecule has 3 aromatic rings. The summed E-state index contributed by atoms with van der Waals surface area (Å²) in [4.78, 5) is 43.4. The maximum Gasteiger partial charge on any atom is 0.411 e. The summed E-state index contributed by atoms with van der Waals surface area (Å²) in [5, 5.41) is 15.3. The number of likely N-dealkylation sites (tertiary alicyclic amines) is 1. The van der Waals surface area contributed by atoms with Gasteiger partial charge < -0.3 is 15.0 Å². The molecule has 9 heteroatoms. The van der Waals surface area contributed by atoms with Gasteiger partial charge in [-0.15, -0.1) is 0 Å². The lowest BCUT2D eigenvalue weighted by Gasteiger charge is -2.35. The molecule has 5 rings (SSSR count). The van der Waals surface area contributed by atoms with Crippen LogP contribution in [-0.2, 0) is 16.0 Å². The van der Waals surface area contributed by atoms with Gasteiger partial charge in [-0.3, -0.25) is 14.5 Å². The minimum atomic E-state index is -0.821. The number of aromatic amines is 1. The van der Waals surface area contributed by atoms with Gasteiger partial charge in [0, 0.05) is 33.8 Å². The molecule has 2 N–H and O–H groups in total. The van der Waals surface area contributed by atoms with Crippen molar-refractivity contribution in [3.63, 3.8) is 0 Å². The van der Waals surface area contributed by atoms with E-state index in [0.29, 0.717) is 15.9 Å². The highest BCUT2D eigenvalue weighted by molar-refractivity contribution is 6.31. The second-order valence-corrected chi connectivity index (χ2v) is 11.4. The van der Waals surface area contributed by atoms with Crippen molar-refractivity contribution in [2.45, 2.75) is 70.2 Å². The lowest BCUT2D eigenvalue weighted by Crippen LogP contribution is -2.55. The molecule has 37 heavy (non-hydrogen) atoms. The molecule has 2 aliphatic rings. The molecule has 2 fully saturated rings. The Bertz CT molecular complexity index is 1500. The number of nitrogens with one attached hydrogen (secondary N) is 2. The molecule has 2 bridgehead atoms. The zero-order chi connectivity index (χ0) is 26.5. The Morgan fingerprint density at radius 2 is 1.97 bits per heavy atom. The Kier molecular flexibility index (Phi) is 6.36. The number of hydrogen-bond acceptors (Lipinski definition) is 5. The smallest absolute Gasteiger partial charge is 0.411 e. The van der Waals surface area contributed by atoms with Crippen LogP contribution in [0, 0.1) is 17.2 Å². The second-order valence-electron chi connectivity index (χ2n) is 11.0. The molecule has 4 atom stereocenters. The Morgan fingerprint density at radius 3 is 2.70 bits per heavy atom. The lowest BCUT2D eigenvalue weighted by molar-refractivity contribution is -0.128. The van der Waals surface area contributed by atoms with Crippen molar-refractivity contribution in [2.24, 2.45) is 5.92 Å². The number of halogens is 1. The highest BCUT2D eigenvalue weighted by Gasteiger charge is 2.52. The van der Waals surface area contributed by atoms with Crippen molar-refractivity contribution >= 4 is 45.3 Å². The largest absolute Gasteiger partial charge is 0.444 e. The van der Waals surface area contributed by atoms with Gasteiger partial charge in [0.15, 0.2) is 0 Å². The van der Waals surface area contributed by atoms with Crippen LogP contribution < -0.4 is 10.9 Å². The van der Waals surface area contributed by atoms with E-state index in [0.717, 1.165) is 35.6 Å². The van der Waals surface area contributed by atoms with Gasteiger partial charge >= 0.3 is 6.09 Å². The number of fused-ring (bicyclic) bond motifs is 5. The number of aromatic nitrogens is 1. The zero-order valence-electron chi connectivity index (χ0n) is 21.0. The number of nitrogens with zero attached hydrogens (tertiary/aromatic N) is 2. The predicted octanol–water partition coefficient (Wildman–Crippen LogP) is 4.67. The first-order valence-electron chi connectivity index (χ1n) is 12.5. The van der Waals surface area contributed by atoms with Gasteiger partial charge in [0.05, 0.1) is 6.07 Å². The maximum absolute atomic E-state index is 13.3. The average Bonchev–Trinajstić information content (AvgIpc) is 3.45. The number of benzene rings is 2. The minimum absolute atomic E-state index is 0.0216. The molecular formula is C28H29ClN4O4. The molecule has 0 radical (unpaired) electrons. The normalized spacial score (nSPS) is 21.7. The molecule has 2 aromatic carbocycles. The van der Waals surface area contributed by atoms with Gasteiger partial charge in [0.1, 0.15) is 17.7 Å². The second kappa shape index (κ2) is 9.38. The van der Waals surface area contributed by atoms with E-state index in [2.05, 4.69) is 16.4 Å². The standard InChI is InChI=1S/C28H29ClN4O4/c1-28(2,3)37-27(36)33-19-7-5-16(12-19)24(33)26(35)31-18(14-30)10-15-4-8-20-21-13-17(29)6-9-23(21)32-25(34)22(20)11-15/h4,6,8-9,11,13,16,18-19,24H,5,7,10,12H2,1-3H3,(H,31,35)(H,32,34)/t16-,18?,19+,24-/m0/s1. The van der Waals surface area contributed by atoms with Gasteiger partial charge in [-0.1, -0.05) is 23.7 Å². The van der Waals surface area contributed by atoms with Gasteiger partial charge in [-0.05, 0) is 81.2 Å². The molecule has 192 valence electrons. The predicted molar refractivity (Wildman–Crippen MR) is 141 cm³/mol. The van der Waals surface area contributed by atoms with Crippen molar-refractivity contribution in [1.82, 2.24) is 15.2 Å². The van der Waals surface area contributed by atoms with E-state index < -0.39 is 23.8 Å². The molecule has 8 nitrogen and oxygen atoms in total. The highest BCUT2D eigenvalue weighted by atomic mass is 35.5. The summed E-state index contributed by atoms with van der Waals surface area (Å²) >= 11 is 6.16. The van der Waals surface area contributed by atoms with Crippen LogP contribution in [0.4, 0.5) is 4.79 Å². The van der Waals surface area contributed by atoms with Crippen molar-refractivity contribution in [3.05, 3.63) is 57.3 Å². The number of piperidine rings is 1. The summed E-state index contributed by atoms with van der Waals surface area (Å²) in [6.45, 7) is 5.39. The quantitative estimate of drug-likeness (QED) is 0.485. The van der Waals surface area contributed by atoms with E-state index in [1.807, 2.05) is 12.1 Å². The number of amides is 2. The number of hydrogen-bond donors (Lipinski definition) is 2. The Hall–Kier alpha value is -3.57. The van der Waals surface area contributed by atoms with Crippen molar-refractivity contribution in [1.29, 1.82) is 5.26 Å². The van der Waals surface area contributed by atoms with Crippen LogP contribution >= 0.6 is 11.6 Å². The number of rotatable bonds is 4. The van der Waals surface area contributed by atoms with Crippen LogP contribution in [0.1, 0.15) is 45.6 Å². The van der Waals surface area contributed by atoms with Crippen LogP contribution in [0.2, 0.25) is 5.02 Å². The summed E-state index contributed by atoms with van der Waals surface area (Å²) < 4.78 is 5.57. The van der Waals surface area contributed by atoms with E-state index >= 15 is 0 Å². The van der Waals surface area contributed by atoms with Gasteiger partial charge in [-0.2, -0.15) is 5.26 Å². The average molecular weight is 521 g/mol. The van der Waals surface area contributed by atoms with Crippen LogP contribution in [0.25, 0.3) is 21.7 Å². The third-order valence-corrected chi connectivity index (χ3v) is 7.45. The van der Waals surface area contributed by atoms with Crippen LogP contribution in [0.15, 0.2) is 41.2 Å². The molecule has 0 spiro atoms. The topological polar surface area (TPSA) is 115 Å². The first kappa shape index (κ1) is 25.1. The van der Waals surface area contributed by atoms with Crippen molar-refractivity contribution in [2.75, 3.05) is 0 Å². The maximum atomic E-state index is 13.3. The highest BCUT2D eigenvalue weighted by Crippen LogP contribution is 2.43. The summed E-state index contributed by atoms with van der Waals surface area (Å²) in [7, 11) is 0. The fourth-order valence-corrected chi connectivity index (χ4v) is 5.88. The fourth-order valence-electron chi connectivity index (χ4n) is 5.70. The van der Waals surface area contributed by atoms with Crippen LogP contribution in [0.3, 0.4) is 0 Å². The van der Waals surface area contributed by atoms with E-state index in [-0.39, 0.29) is 29.8 Å².